The summed E-state index contributed by atoms with van der Waals surface area (Å²) in [5.41, 5.74) is 5.00. The number of H-pyrrole nitrogens is 1. The van der Waals surface area contributed by atoms with Crippen molar-refractivity contribution in [2.45, 2.75) is 0 Å². The highest BCUT2D eigenvalue weighted by Gasteiger charge is 2.18. The maximum atomic E-state index is 5.56. The van der Waals surface area contributed by atoms with Gasteiger partial charge in [0.1, 0.15) is 5.82 Å². The fourth-order valence-corrected chi connectivity index (χ4v) is 4.10. The maximum Gasteiger partial charge on any atom is 0.258 e. The molecule has 10 heteroatoms. The topological polar surface area (TPSA) is 121 Å². The van der Waals surface area contributed by atoms with Crippen LogP contribution in [-0.2, 0) is 0 Å². The van der Waals surface area contributed by atoms with Crippen LogP contribution >= 0.6 is 0 Å². The number of methoxy groups -OCH3 is 3. The van der Waals surface area contributed by atoms with E-state index in [9.17, 15) is 0 Å². The molecule has 6 rings (SSSR count). The molecule has 0 amide bonds. The highest BCUT2D eigenvalue weighted by Crippen LogP contribution is 2.41. The summed E-state index contributed by atoms with van der Waals surface area (Å²) in [6, 6.07) is 17.2. The van der Waals surface area contributed by atoms with Crippen molar-refractivity contribution in [2.24, 2.45) is 0 Å². The summed E-state index contributed by atoms with van der Waals surface area (Å²) in [5, 5.41) is 4.17. The van der Waals surface area contributed by atoms with Gasteiger partial charge in [-0.2, -0.15) is 4.98 Å². The smallest absolute Gasteiger partial charge is 0.258 e. The summed E-state index contributed by atoms with van der Waals surface area (Å²) in [5.74, 6) is 3.72. The quantitative estimate of drug-likeness (QED) is 0.300. The number of oxazole rings is 1. The third kappa shape index (κ3) is 4.04. The van der Waals surface area contributed by atoms with Gasteiger partial charge in [-0.15, -0.1) is 0 Å². The zero-order valence-electron chi connectivity index (χ0n) is 20.2. The highest BCUT2D eigenvalue weighted by molar-refractivity contribution is 5.84. The molecular formula is C27H21N5O5. The monoisotopic (exact) mass is 495 g/mol. The minimum Gasteiger partial charge on any atom is -0.493 e. The molecule has 0 unspecified atom stereocenters. The van der Waals surface area contributed by atoms with E-state index in [1.165, 1.54) is 6.39 Å². The minimum atomic E-state index is 0.325. The number of aromatic nitrogens is 5. The van der Waals surface area contributed by atoms with E-state index in [0.29, 0.717) is 40.3 Å². The molecular weight excluding hydrogens is 474 g/mol. The molecule has 3 heterocycles. The van der Waals surface area contributed by atoms with Crippen LogP contribution in [0.4, 0.5) is 0 Å². The minimum absolute atomic E-state index is 0.325. The van der Waals surface area contributed by atoms with Crippen molar-refractivity contribution >= 4 is 11.0 Å². The van der Waals surface area contributed by atoms with Crippen molar-refractivity contribution in [3.63, 3.8) is 0 Å². The van der Waals surface area contributed by atoms with E-state index in [1.807, 2.05) is 42.5 Å². The van der Waals surface area contributed by atoms with Crippen molar-refractivity contribution in [3.05, 3.63) is 67.2 Å². The summed E-state index contributed by atoms with van der Waals surface area (Å²) < 4.78 is 27.2. The Bertz CT molecular complexity index is 1660. The second-order valence-corrected chi connectivity index (χ2v) is 8.10. The maximum absolute atomic E-state index is 5.56. The van der Waals surface area contributed by atoms with Crippen LogP contribution in [0.1, 0.15) is 0 Å². The Kier molecular flexibility index (Phi) is 5.53. The van der Waals surface area contributed by atoms with Crippen molar-refractivity contribution < 1.29 is 23.2 Å². The number of hydrogen-bond donors (Lipinski definition) is 1. The van der Waals surface area contributed by atoms with E-state index in [4.69, 9.17) is 28.1 Å². The molecule has 10 nitrogen and oxygen atoms in total. The molecule has 3 aromatic heterocycles. The number of fused-ring (bicyclic) bond motifs is 1. The first-order valence-electron chi connectivity index (χ1n) is 11.3. The lowest BCUT2D eigenvalue weighted by molar-refractivity contribution is 0.324. The van der Waals surface area contributed by atoms with E-state index in [0.717, 1.165) is 33.5 Å². The van der Waals surface area contributed by atoms with Gasteiger partial charge in [0.05, 0.1) is 38.6 Å². The molecule has 37 heavy (non-hydrogen) atoms. The molecule has 184 valence electrons. The summed E-state index contributed by atoms with van der Waals surface area (Å²) in [4.78, 5) is 16.6. The van der Waals surface area contributed by atoms with Crippen LogP contribution in [0.25, 0.3) is 56.6 Å². The van der Waals surface area contributed by atoms with E-state index >= 15 is 0 Å². The van der Waals surface area contributed by atoms with Crippen molar-refractivity contribution in [1.29, 1.82) is 0 Å². The number of aromatic amines is 1. The van der Waals surface area contributed by atoms with Crippen LogP contribution < -0.4 is 14.2 Å². The van der Waals surface area contributed by atoms with Crippen LogP contribution in [0.5, 0.6) is 17.2 Å². The lowest BCUT2D eigenvalue weighted by Gasteiger charge is -2.12. The fourth-order valence-electron chi connectivity index (χ4n) is 4.10. The molecule has 0 aliphatic heterocycles. The predicted molar refractivity (Wildman–Crippen MR) is 135 cm³/mol. The second kappa shape index (κ2) is 9.15. The molecule has 6 aromatic rings. The van der Waals surface area contributed by atoms with Gasteiger partial charge in [-0.1, -0.05) is 29.4 Å². The van der Waals surface area contributed by atoms with Crippen molar-refractivity contribution in [3.8, 4) is 62.8 Å². The number of benzene rings is 3. The number of hydrogen-bond acceptors (Lipinski definition) is 9. The number of nitrogens with one attached hydrogen (secondary N) is 1. The molecule has 0 atom stereocenters. The molecule has 3 aromatic carbocycles. The van der Waals surface area contributed by atoms with E-state index in [-0.39, 0.29) is 0 Å². The van der Waals surface area contributed by atoms with Gasteiger partial charge in [-0.3, -0.25) is 0 Å². The van der Waals surface area contributed by atoms with Crippen LogP contribution in [0.2, 0.25) is 0 Å². The second-order valence-electron chi connectivity index (χ2n) is 8.10. The number of rotatable bonds is 7. The van der Waals surface area contributed by atoms with E-state index in [1.54, 1.807) is 39.7 Å². The van der Waals surface area contributed by atoms with Gasteiger partial charge in [0, 0.05) is 22.3 Å². The Morgan fingerprint density at radius 3 is 2.16 bits per heavy atom. The van der Waals surface area contributed by atoms with E-state index in [2.05, 4.69) is 20.1 Å². The van der Waals surface area contributed by atoms with Crippen molar-refractivity contribution in [2.75, 3.05) is 21.3 Å². The van der Waals surface area contributed by atoms with Gasteiger partial charge in [0.15, 0.2) is 23.7 Å². The molecule has 0 spiro atoms. The predicted octanol–water partition coefficient (Wildman–Crippen LogP) is 5.63. The lowest BCUT2D eigenvalue weighted by Crippen LogP contribution is -1.95. The number of ether oxygens (including phenoxy) is 3. The SMILES string of the molecule is COc1cc(-c2nc(-c3ccc4nc(-c5ccc(-c6cnco6)cc5)[nH]c4c3)no2)cc(OC)c1OC. The Hall–Kier alpha value is -5.12. The van der Waals surface area contributed by atoms with Crippen molar-refractivity contribution in [1.82, 2.24) is 25.1 Å². The summed E-state index contributed by atoms with van der Waals surface area (Å²) in [6.45, 7) is 0. The van der Waals surface area contributed by atoms with Crippen LogP contribution in [0.15, 0.2) is 76.1 Å². The van der Waals surface area contributed by atoms with Gasteiger partial charge in [-0.25, -0.2) is 9.97 Å². The molecule has 0 saturated carbocycles. The first-order chi connectivity index (χ1) is 18.2. The number of imidazole rings is 1. The number of nitrogens with zero attached hydrogens (tertiary/aromatic N) is 4. The Morgan fingerprint density at radius 2 is 1.49 bits per heavy atom. The molecule has 0 radical (unpaired) electrons. The third-order valence-electron chi connectivity index (χ3n) is 5.95. The molecule has 0 aliphatic carbocycles. The van der Waals surface area contributed by atoms with E-state index < -0.39 is 0 Å². The Labute approximate surface area is 210 Å². The highest BCUT2D eigenvalue weighted by atomic mass is 16.5. The summed E-state index contributed by atoms with van der Waals surface area (Å²) >= 11 is 0. The van der Waals surface area contributed by atoms with Crippen LogP contribution in [-0.4, -0.2) is 46.4 Å². The first kappa shape index (κ1) is 22.4. The fraction of sp³-hybridized carbons (Fsp3) is 0.111. The van der Waals surface area contributed by atoms with Gasteiger partial charge < -0.3 is 28.1 Å². The largest absolute Gasteiger partial charge is 0.493 e. The van der Waals surface area contributed by atoms with Crippen LogP contribution in [0.3, 0.4) is 0 Å². The van der Waals surface area contributed by atoms with Gasteiger partial charge >= 0.3 is 0 Å². The zero-order valence-corrected chi connectivity index (χ0v) is 20.2. The Balaban J connectivity index is 1.30. The molecule has 1 N–H and O–H groups in total. The third-order valence-corrected chi connectivity index (χ3v) is 5.95. The van der Waals surface area contributed by atoms with Gasteiger partial charge in [-0.05, 0) is 30.3 Å². The average Bonchev–Trinajstić information content (AvgIpc) is 3.72. The van der Waals surface area contributed by atoms with Gasteiger partial charge in [0.2, 0.25) is 11.6 Å². The zero-order chi connectivity index (χ0) is 25.4. The standard InChI is InChI=1S/C27H21N5O5/c1-33-21-11-18(12-22(34-2)24(21)35-3)27-31-26(32-37-27)17-8-9-19-20(10-17)30-25(29-19)16-6-4-15(5-7-16)23-13-28-14-36-23/h4-14H,1-3H3,(H,29,30). The first-order valence-corrected chi connectivity index (χ1v) is 11.3. The Morgan fingerprint density at radius 1 is 0.757 bits per heavy atom. The van der Waals surface area contributed by atoms with Crippen LogP contribution in [0, 0.1) is 0 Å². The van der Waals surface area contributed by atoms with Gasteiger partial charge in [0.25, 0.3) is 5.89 Å². The molecule has 0 fully saturated rings. The molecule has 0 saturated heterocycles. The lowest BCUT2D eigenvalue weighted by atomic mass is 10.1. The summed E-state index contributed by atoms with van der Waals surface area (Å²) in [6.07, 6.45) is 3.10. The summed E-state index contributed by atoms with van der Waals surface area (Å²) in [7, 11) is 4.66. The molecule has 0 aliphatic rings. The average molecular weight is 495 g/mol. The normalized spacial score (nSPS) is 11.1. The molecule has 0 bridgehead atoms.